The number of carbonyl (C=O) groups excluding carboxylic acids is 1. The molecule has 2 unspecified atom stereocenters. The van der Waals surface area contributed by atoms with E-state index < -0.39 is 5.54 Å². The number of rotatable bonds is 1. The third-order valence-electron chi connectivity index (χ3n) is 2.37. The summed E-state index contributed by atoms with van der Waals surface area (Å²) in [6, 6.07) is 0. The lowest BCUT2D eigenvalue weighted by atomic mass is 9.84. The quantitative estimate of drug-likeness (QED) is 0.585. The molecule has 1 fully saturated rings. The fourth-order valence-electron chi connectivity index (χ4n) is 1.26. The van der Waals surface area contributed by atoms with E-state index in [1.165, 1.54) is 0 Å². The van der Waals surface area contributed by atoms with Crippen molar-refractivity contribution in [2.45, 2.75) is 18.9 Å². The molecule has 1 heterocycles. The van der Waals surface area contributed by atoms with Crippen LogP contribution in [0.3, 0.4) is 0 Å². The molecule has 0 radical (unpaired) electrons. The minimum atomic E-state index is -0.745. The molecular formula is C7H14N2OS. The molecule has 4 N–H and O–H groups in total. The topological polar surface area (TPSA) is 69.1 Å². The maximum atomic E-state index is 11.0. The number of hydrogen-bond acceptors (Lipinski definition) is 3. The van der Waals surface area contributed by atoms with E-state index in [1.54, 1.807) is 0 Å². The molecule has 0 aliphatic carbocycles. The summed E-state index contributed by atoms with van der Waals surface area (Å²) in [4.78, 5) is 11.0. The van der Waals surface area contributed by atoms with Gasteiger partial charge < -0.3 is 11.5 Å². The highest BCUT2D eigenvalue weighted by molar-refractivity contribution is 7.99. The van der Waals surface area contributed by atoms with Crippen LogP contribution in [-0.2, 0) is 4.79 Å². The number of amides is 1. The average Bonchev–Trinajstić information content (AvgIpc) is 1.95. The minimum Gasteiger partial charge on any atom is -0.368 e. The molecule has 0 bridgehead atoms. The fourth-order valence-corrected chi connectivity index (χ4v) is 2.56. The van der Waals surface area contributed by atoms with Crippen LogP contribution >= 0.6 is 11.8 Å². The van der Waals surface area contributed by atoms with Crippen LogP contribution in [0, 0.1) is 5.92 Å². The van der Waals surface area contributed by atoms with Gasteiger partial charge in [-0.15, -0.1) is 0 Å². The number of primary amides is 1. The summed E-state index contributed by atoms with van der Waals surface area (Å²) < 4.78 is 0. The molecule has 1 aliphatic heterocycles. The smallest absolute Gasteiger partial charge is 0.237 e. The van der Waals surface area contributed by atoms with E-state index in [9.17, 15) is 4.79 Å². The van der Waals surface area contributed by atoms with Crippen molar-refractivity contribution in [2.24, 2.45) is 17.4 Å². The van der Waals surface area contributed by atoms with Crippen molar-refractivity contribution in [2.75, 3.05) is 11.5 Å². The van der Waals surface area contributed by atoms with Crippen molar-refractivity contribution in [1.82, 2.24) is 0 Å². The summed E-state index contributed by atoms with van der Waals surface area (Å²) in [7, 11) is 0. The van der Waals surface area contributed by atoms with Crippen LogP contribution < -0.4 is 11.5 Å². The summed E-state index contributed by atoms with van der Waals surface area (Å²) in [5, 5.41) is 0. The molecule has 64 valence electrons. The van der Waals surface area contributed by atoms with Gasteiger partial charge in [-0.3, -0.25) is 4.79 Å². The van der Waals surface area contributed by atoms with Crippen molar-refractivity contribution < 1.29 is 4.79 Å². The van der Waals surface area contributed by atoms with Gasteiger partial charge in [-0.1, -0.05) is 6.92 Å². The highest BCUT2D eigenvalue weighted by atomic mass is 32.2. The van der Waals surface area contributed by atoms with E-state index >= 15 is 0 Å². The third kappa shape index (κ3) is 1.51. The molecule has 11 heavy (non-hydrogen) atoms. The van der Waals surface area contributed by atoms with E-state index in [0.717, 1.165) is 11.5 Å². The maximum Gasteiger partial charge on any atom is 0.237 e. The van der Waals surface area contributed by atoms with Gasteiger partial charge in [-0.05, 0) is 23.8 Å². The predicted octanol–water partition coefficient (Wildman–Crippen LogP) is -0.0578. The van der Waals surface area contributed by atoms with Crippen molar-refractivity contribution in [1.29, 1.82) is 0 Å². The Kier molecular flexibility index (Phi) is 2.44. The first kappa shape index (κ1) is 8.87. The monoisotopic (exact) mass is 174 g/mol. The molecule has 4 heteroatoms. The second-order valence-electron chi connectivity index (χ2n) is 3.13. The number of carbonyl (C=O) groups is 1. The number of nitrogens with two attached hydrogens (primary N) is 2. The van der Waals surface area contributed by atoms with Gasteiger partial charge in [0, 0.05) is 0 Å². The summed E-state index contributed by atoms with van der Waals surface area (Å²) in [5.41, 5.74) is 10.3. The van der Waals surface area contributed by atoms with Crippen LogP contribution in [0.2, 0.25) is 0 Å². The van der Waals surface area contributed by atoms with E-state index in [-0.39, 0.29) is 11.8 Å². The lowest BCUT2D eigenvalue weighted by Gasteiger charge is -2.35. The van der Waals surface area contributed by atoms with Gasteiger partial charge >= 0.3 is 0 Å². The highest BCUT2D eigenvalue weighted by Crippen LogP contribution is 2.29. The van der Waals surface area contributed by atoms with Crippen molar-refractivity contribution in [3.05, 3.63) is 0 Å². The maximum absolute atomic E-state index is 11.0. The first-order chi connectivity index (χ1) is 5.07. The number of hydrogen-bond donors (Lipinski definition) is 2. The zero-order valence-electron chi connectivity index (χ0n) is 6.67. The van der Waals surface area contributed by atoms with Gasteiger partial charge in [0.1, 0.15) is 0 Å². The Morgan fingerprint density at radius 1 is 1.73 bits per heavy atom. The second kappa shape index (κ2) is 3.03. The lowest BCUT2D eigenvalue weighted by molar-refractivity contribution is -0.124. The van der Waals surface area contributed by atoms with Gasteiger partial charge in [0.2, 0.25) is 5.91 Å². The van der Waals surface area contributed by atoms with Gasteiger partial charge in [0.05, 0.1) is 5.54 Å². The normalized spacial score (nSPS) is 38.5. The molecule has 0 aromatic rings. The van der Waals surface area contributed by atoms with E-state index in [0.29, 0.717) is 6.42 Å². The Morgan fingerprint density at radius 3 is 2.73 bits per heavy atom. The summed E-state index contributed by atoms with van der Waals surface area (Å²) in [5.74, 6) is 1.74. The van der Waals surface area contributed by atoms with Crippen LogP contribution in [0.25, 0.3) is 0 Å². The van der Waals surface area contributed by atoms with Crippen LogP contribution in [0.5, 0.6) is 0 Å². The number of thioether (sulfide) groups is 1. The first-order valence-corrected chi connectivity index (χ1v) is 4.89. The van der Waals surface area contributed by atoms with Crippen LogP contribution in [0.1, 0.15) is 13.3 Å². The zero-order valence-corrected chi connectivity index (χ0v) is 7.49. The Hall–Kier alpha value is -0.220. The van der Waals surface area contributed by atoms with Crippen molar-refractivity contribution in [3.8, 4) is 0 Å². The minimum absolute atomic E-state index is 0.207. The highest BCUT2D eigenvalue weighted by Gasteiger charge is 2.39. The predicted molar refractivity (Wildman–Crippen MR) is 47.2 cm³/mol. The molecule has 1 amide bonds. The zero-order chi connectivity index (χ0) is 8.48. The van der Waals surface area contributed by atoms with E-state index in [4.69, 9.17) is 11.5 Å². The van der Waals surface area contributed by atoms with E-state index in [2.05, 4.69) is 0 Å². The second-order valence-corrected chi connectivity index (χ2v) is 4.28. The molecular weight excluding hydrogens is 160 g/mol. The molecule has 0 aromatic heterocycles. The Balaban J connectivity index is 2.72. The molecule has 2 atom stereocenters. The molecule has 0 spiro atoms. The standard InChI is InChI=1S/C7H14N2OS/c1-5-4-11-3-2-7(5,9)6(8)10/h5H,2-4,9H2,1H3,(H2,8,10). The van der Waals surface area contributed by atoms with E-state index in [1.807, 2.05) is 18.7 Å². The lowest BCUT2D eigenvalue weighted by Crippen LogP contribution is -2.59. The summed E-state index contributed by atoms with van der Waals surface area (Å²) >= 11 is 1.83. The molecule has 1 aliphatic rings. The molecule has 1 saturated heterocycles. The van der Waals surface area contributed by atoms with Gasteiger partial charge in [-0.25, -0.2) is 0 Å². The SMILES string of the molecule is CC1CSCCC1(N)C(N)=O. The molecule has 3 nitrogen and oxygen atoms in total. The van der Waals surface area contributed by atoms with Crippen LogP contribution in [0.15, 0.2) is 0 Å². The summed E-state index contributed by atoms with van der Waals surface area (Å²) in [6.07, 6.45) is 0.716. The average molecular weight is 174 g/mol. The molecule has 0 saturated carbocycles. The fraction of sp³-hybridized carbons (Fsp3) is 0.857. The van der Waals surface area contributed by atoms with Crippen LogP contribution in [0.4, 0.5) is 0 Å². The van der Waals surface area contributed by atoms with Crippen LogP contribution in [-0.4, -0.2) is 23.0 Å². The van der Waals surface area contributed by atoms with Gasteiger partial charge in [-0.2, -0.15) is 11.8 Å². The molecule has 0 aromatic carbocycles. The summed E-state index contributed by atoms with van der Waals surface area (Å²) in [6.45, 7) is 1.98. The Bertz CT molecular complexity index is 174. The van der Waals surface area contributed by atoms with Crippen molar-refractivity contribution in [3.63, 3.8) is 0 Å². The van der Waals surface area contributed by atoms with Gasteiger partial charge in [0.15, 0.2) is 0 Å². The Labute approximate surface area is 70.9 Å². The first-order valence-electron chi connectivity index (χ1n) is 3.74. The largest absolute Gasteiger partial charge is 0.368 e. The van der Waals surface area contributed by atoms with Crippen molar-refractivity contribution >= 4 is 17.7 Å². The van der Waals surface area contributed by atoms with Gasteiger partial charge in [0.25, 0.3) is 0 Å². The molecule has 1 rings (SSSR count). The third-order valence-corrected chi connectivity index (χ3v) is 3.59. The Morgan fingerprint density at radius 2 is 2.36 bits per heavy atom.